The van der Waals surface area contributed by atoms with E-state index in [9.17, 15) is 4.79 Å². The van der Waals surface area contributed by atoms with Gasteiger partial charge in [-0.3, -0.25) is 4.79 Å². The average Bonchev–Trinajstić information content (AvgIpc) is 2.62. The maximum atomic E-state index is 12.8. The second-order valence-corrected chi connectivity index (χ2v) is 6.30. The Morgan fingerprint density at radius 3 is 2.71 bits per heavy atom. The smallest absolute Gasteiger partial charge is 0.317 e. The molecule has 0 spiro atoms. The van der Waals surface area contributed by atoms with Crippen LogP contribution in [-0.2, 0) is 14.9 Å². The highest BCUT2D eigenvalue weighted by Crippen LogP contribution is 2.53. The summed E-state index contributed by atoms with van der Waals surface area (Å²) in [4.78, 5) is 12.8. The standard InChI is InChI=1S/C19H18O2/c1-13-11-14-7-5-6-10-16-17(14)21-18(20)19(16,12-13)15-8-3-2-4-9-15/h2-10,14,16-17H,1,11-12H2/t14?,16?,17?,19-/m0/s1. The van der Waals surface area contributed by atoms with Crippen molar-refractivity contribution in [2.75, 3.05) is 0 Å². The molecule has 0 N–H and O–H groups in total. The van der Waals surface area contributed by atoms with E-state index in [2.05, 4.69) is 30.9 Å². The highest BCUT2D eigenvalue weighted by atomic mass is 16.6. The highest BCUT2D eigenvalue weighted by molar-refractivity contribution is 5.87. The van der Waals surface area contributed by atoms with Gasteiger partial charge in [0.2, 0.25) is 0 Å². The van der Waals surface area contributed by atoms with E-state index in [4.69, 9.17) is 4.74 Å². The van der Waals surface area contributed by atoms with Crippen LogP contribution in [0.15, 0.2) is 66.8 Å². The molecule has 1 aliphatic heterocycles. The van der Waals surface area contributed by atoms with Gasteiger partial charge < -0.3 is 4.74 Å². The molecule has 3 aliphatic rings. The van der Waals surface area contributed by atoms with Crippen LogP contribution in [0.3, 0.4) is 0 Å². The molecule has 106 valence electrons. The largest absolute Gasteiger partial charge is 0.460 e. The van der Waals surface area contributed by atoms with Gasteiger partial charge in [-0.25, -0.2) is 0 Å². The lowest BCUT2D eigenvalue weighted by Crippen LogP contribution is -2.38. The number of hydrogen-bond acceptors (Lipinski definition) is 2. The van der Waals surface area contributed by atoms with Crippen molar-refractivity contribution < 1.29 is 9.53 Å². The van der Waals surface area contributed by atoms with E-state index in [-0.39, 0.29) is 23.9 Å². The predicted molar refractivity (Wildman–Crippen MR) is 81.6 cm³/mol. The van der Waals surface area contributed by atoms with Gasteiger partial charge in [0, 0.05) is 11.8 Å². The first-order valence-corrected chi connectivity index (χ1v) is 7.50. The summed E-state index contributed by atoms with van der Waals surface area (Å²) in [5, 5.41) is 0. The molecule has 1 saturated heterocycles. The Bertz CT molecular complexity index is 655. The van der Waals surface area contributed by atoms with Gasteiger partial charge in [0.15, 0.2) is 0 Å². The summed E-state index contributed by atoms with van der Waals surface area (Å²) in [5.41, 5.74) is 1.60. The normalized spacial score (nSPS) is 37.0. The van der Waals surface area contributed by atoms with Crippen LogP contribution in [-0.4, -0.2) is 12.1 Å². The summed E-state index contributed by atoms with van der Waals surface area (Å²) in [6.45, 7) is 4.22. The molecule has 0 aromatic heterocycles. The number of ether oxygens (including phenoxy) is 1. The number of hydrogen-bond donors (Lipinski definition) is 0. The van der Waals surface area contributed by atoms with Crippen molar-refractivity contribution in [1.82, 2.24) is 0 Å². The van der Waals surface area contributed by atoms with Crippen molar-refractivity contribution in [3.05, 3.63) is 72.4 Å². The maximum Gasteiger partial charge on any atom is 0.317 e. The van der Waals surface area contributed by atoms with Crippen LogP contribution in [0.2, 0.25) is 0 Å². The summed E-state index contributed by atoms with van der Waals surface area (Å²) >= 11 is 0. The molecule has 2 heteroatoms. The predicted octanol–water partition coefficient (Wildman–Crippen LogP) is 3.56. The molecule has 4 atom stereocenters. The number of allylic oxidation sites excluding steroid dienone is 3. The zero-order valence-corrected chi connectivity index (χ0v) is 11.9. The van der Waals surface area contributed by atoms with Crippen molar-refractivity contribution in [2.24, 2.45) is 11.8 Å². The van der Waals surface area contributed by atoms with Crippen molar-refractivity contribution in [3.63, 3.8) is 0 Å². The molecule has 2 fully saturated rings. The van der Waals surface area contributed by atoms with Gasteiger partial charge >= 0.3 is 5.97 Å². The molecule has 1 aromatic carbocycles. The molecule has 2 nitrogen and oxygen atoms in total. The second kappa shape index (κ2) is 4.45. The van der Waals surface area contributed by atoms with E-state index in [1.54, 1.807) is 0 Å². The Hall–Kier alpha value is -2.09. The topological polar surface area (TPSA) is 26.3 Å². The van der Waals surface area contributed by atoms with E-state index >= 15 is 0 Å². The zero-order chi connectivity index (χ0) is 14.4. The third-order valence-electron chi connectivity index (χ3n) is 5.08. The van der Waals surface area contributed by atoms with E-state index in [1.165, 1.54) is 0 Å². The summed E-state index contributed by atoms with van der Waals surface area (Å²) < 4.78 is 5.84. The molecule has 0 radical (unpaired) electrons. The highest BCUT2D eigenvalue weighted by Gasteiger charge is 2.60. The van der Waals surface area contributed by atoms with E-state index in [1.807, 2.05) is 30.3 Å². The lowest BCUT2D eigenvalue weighted by Gasteiger charge is -2.30. The van der Waals surface area contributed by atoms with Gasteiger partial charge in [-0.2, -0.15) is 0 Å². The van der Waals surface area contributed by atoms with Gasteiger partial charge in [0.1, 0.15) is 11.5 Å². The van der Waals surface area contributed by atoms with E-state index in [0.29, 0.717) is 6.42 Å². The van der Waals surface area contributed by atoms with E-state index < -0.39 is 5.41 Å². The summed E-state index contributed by atoms with van der Waals surface area (Å²) in [6, 6.07) is 10.1. The molecule has 3 unspecified atom stereocenters. The quantitative estimate of drug-likeness (QED) is 0.580. The van der Waals surface area contributed by atoms with Crippen LogP contribution in [0, 0.1) is 11.8 Å². The number of carbonyl (C=O) groups is 1. The Balaban J connectivity index is 1.94. The van der Waals surface area contributed by atoms with Crippen LogP contribution in [0.4, 0.5) is 0 Å². The number of carbonyl (C=O) groups excluding carboxylic acids is 1. The molecule has 1 heterocycles. The van der Waals surface area contributed by atoms with Gasteiger partial charge in [-0.1, -0.05) is 66.8 Å². The molecule has 4 bridgehead atoms. The SMILES string of the molecule is C=C1CC2C=CC=CC3C2OC(=O)[C@]3(c2ccccc2)C1. The molecule has 0 amide bonds. The first-order chi connectivity index (χ1) is 10.2. The van der Waals surface area contributed by atoms with E-state index in [0.717, 1.165) is 17.6 Å². The van der Waals surface area contributed by atoms with Crippen LogP contribution < -0.4 is 0 Å². The molecule has 2 aliphatic carbocycles. The minimum Gasteiger partial charge on any atom is -0.460 e. The van der Waals surface area contributed by atoms with Crippen molar-refractivity contribution in [2.45, 2.75) is 24.4 Å². The Morgan fingerprint density at radius 1 is 1.14 bits per heavy atom. The average molecular weight is 278 g/mol. The third kappa shape index (κ3) is 1.68. The van der Waals surface area contributed by atoms with Crippen LogP contribution in [0.1, 0.15) is 18.4 Å². The maximum absolute atomic E-state index is 12.8. The molecule has 1 aromatic rings. The van der Waals surface area contributed by atoms with Gasteiger partial charge in [0.05, 0.1) is 0 Å². The van der Waals surface area contributed by atoms with Crippen LogP contribution >= 0.6 is 0 Å². The Kier molecular flexibility index (Phi) is 2.68. The number of rotatable bonds is 1. The number of benzene rings is 1. The molecule has 21 heavy (non-hydrogen) atoms. The zero-order valence-electron chi connectivity index (χ0n) is 11.9. The molecular formula is C19H18O2. The van der Waals surface area contributed by atoms with Crippen molar-refractivity contribution >= 4 is 5.97 Å². The van der Waals surface area contributed by atoms with Gasteiger partial charge in [-0.15, -0.1) is 0 Å². The lowest BCUT2D eigenvalue weighted by molar-refractivity contribution is -0.147. The lowest BCUT2D eigenvalue weighted by atomic mass is 9.67. The first kappa shape index (κ1) is 12.6. The van der Waals surface area contributed by atoms with Crippen molar-refractivity contribution in [1.29, 1.82) is 0 Å². The molecule has 1 saturated carbocycles. The van der Waals surface area contributed by atoms with Crippen LogP contribution in [0.25, 0.3) is 0 Å². The molecular weight excluding hydrogens is 260 g/mol. The first-order valence-electron chi connectivity index (χ1n) is 7.50. The minimum atomic E-state index is -0.597. The fraction of sp³-hybridized carbons (Fsp3) is 0.316. The fourth-order valence-corrected chi connectivity index (χ4v) is 4.17. The summed E-state index contributed by atoms with van der Waals surface area (Å²) in [7, 11) is 0. The summed E-state index contributed by atoms with van der Waals surface area (Å²) in [5.74, 6) is 0.246. The monoisotopic (exact) mass is 278 g/mol. The second-order valence-electron chi connectivity index (χ2n) is 6.30. The summed E-state index contributed by atoms with van der Waals surface area (Å²) in [6.07, 6.45) is 9.97. The molecule has 4 rings (SSSR count). The van der Waals surface area contributed by atoms with Crippen molar-refractivity contribution in [3.8, 4) is 0 Å². The van der Waals surface area contributed by atoms with Crippen LogP contribution in [0.5, 0.6) is 0 Å². The fourth-order valence-electron chi connectivity index (χ4n) is 4.17. The minimum absolute atomic E-state index is 0.0630. The number of esters is 1. The Labute approximate surface area is 124 Å². The third-order valence-corrected chi connectivity index (χ3v) is 5.08. The Morgan fingerprint density at radius 2 is 1.90 bits per heavy atom. The van der Waals surface area contributed by atoms with Gasteiger partial charge in [-0.05, 0) is 18.4 Å². The van der Waals surface area contributed by atoms with Gasteiger partial charge in [0.25, 0.3) is 0 Å².